The van der Waals surface area contributed by atoms with Gasteiger partial charge in [-0.3, -0.25) is 9.79 Å². The molecule has 6 heteroatoms. The predicted octanol–water partition coefficient (Wildman–Crippen LogP) is 3.55. The molecule has 0 unspecified atom stereocenters. The number of aryl methyl sites for hydroxylation is 1. The molecule has 1 fully saturated rings. The minimum atomic E-state index is 0.0663. The summed E-state index contributed by atoms with van der Waals surface area (Å²) in [7, 11) is 0. The number of benzene rings is 1. The van der Waals surface area contributed by atoms with Gasteiger partial charge in [-0.15, -0.1) is 0 Å². The van der Waals surface area contributed by atoms with Gasteiger partial charge in [-0.25, -0.2) is 4.98 Å². The molecule has 0 radical (unpaired) electrons. The minimum absolute atomic E-state index is 0.0663. The van der Waals surface area contributed by atoms with E-state index in [2.05, 4.69) is 28.6 Å². The molecule has 1 N–H and O–H groups in total. The molecule has 0 atom stereocenters. The first-order valence-electron chi connectivity index (χ1n) is 8.75. The van der Waals surface area contributed by atoms with Crippen LogP contribution in [0, 0.1) is 6.92 Å². The van der Waals surface area contributed by atoms with Gasteiger partial charge in [0.15, 0.2) is 0 Å². The van der Waals surface area contributed by atoms with Gasteiger partial charge in [0.1, 0.15) is 6.26 Å². The van der Waals surface area contributed by atoms with Gasteiger partial charge in [0.2, 0.25) is 5.89 Å². The van der Waals surface area contributed by atoms with E-state index in [9.17, 15) is 4.79 Å². The number of carbonyl (C=O) groups excluding carboxylic acids is 1. The number of hydrogen-bond acceptors (Lipinski definition) is 5. The highest BCUT2D eigenvalue weighted by molar-refractivity contribution is 5.95. The Hall–Kier alpha value is -2.73. The SMILES string of the molecule is C=CN=C.CC.Cc1coc(-c2cccc(C(=O)N3CCNCC3)c2)n1. The van der Waals surface area contributed by atoms with E-state index in [4.69, 9.17) is 4.42 Å². The summed E-state index contributed by atoms with van der Waals surface area (Å²) in [5.74, 6) is 0.620. The maximum Gasteiger partial charge on any atom is 0.253 e. The lowest BCUT2D eigenvalue weighted by molar-refractivity contribution is 0.0736. The number of carbonyl (C=O) groups is 1. The molecule has 1 aliphatic rings. The van der Waals surface area contributed by atoms with E-state index in [1.807, 2.05) is 49.9 Å². The molecule has 6 nitrogen and oxygen atoms in total. The highest BCUT2D eigenvalue weighted by Crippen LogP contribution is 2.20. The van der Waals surface area contributed by atoms with E-state index < -0.39 is 0 Å². The number of nitrogens with one attached hydrogen (secondary N) is 1. The molecular formula is C20H28N4O2. The third kappa shape index (κ3) is 6.29. The topological polar surface area (TPSA) is 70.7 Å². The number of oxazole rings is 1. The van der Waals surface area contributed by atoms with Crippen molar-refractivity contribution in [3.8, 4) is 11.5 Å². The van der Waals surface area contributed by atoms with Crippen molar-refractivity contribution in [3.05, 3.63) is 54.6 Å². The van der Waals surface area contributed by atoms with Crippen LogP contribution in [-0.4, -0.2) is 48.7 Å². The summed E-state index contributed by atoms with van der Waals surface area (Å²) in [4.78, 5) is 21.8. The van der Waals surface area contributed by atoms with Gasteiger partial charge in [0.05, 0.1) is 5.69 Å². The standard InChI is InChI=1S/C15H17N3O2.C3H5N.C2H6/c1-11-10-20-14(17-11)12-3-2-4-13(9-12)15(19)18-7-5-16-6-8-18;1-3-4-2;1-2/h2-4,9-10,16H,5-8H2,1H3;3H,1-2H2;1-2H3. The van der Waals surface area contributed by atoms with Crippen molar-refractivity contribution < 1.29 is 9.21 Å². The smallest absolute Gasteiger partial charge is 0.253 e. The van der Waals surface area contributed by atoms with Crippen LogP contribution >= 0.6 is 0 Å². The molecule has 140 valence electrons. The summed E-state index contributed by atoms with van der Waals surface area (Å²) in [6, 6.07) is 7.45. The number of hydrogen-bond donors (Lipinski definition) is 1. The molecule has 0 bridgehead atoms. The van der Waals surface area contributed by atoms with Gasteiger partial charge in [-0.05, 0) is 31.8 Å². The molecule has 26 heavy (non-hydrogen) atoms. The highest BCUT2D eigenvalue weighted by Gasteiger charge is 2.18. The van der Waals surface area contributed by atoms with Crippen LogP contribution in [0.1, 0.15) is 29.9 Å². The second-order valence-electron chi connectivity index (χ2n) is 5.28. The van der Waals surface area contributed by atoms with E-state index in [1.165, 1.54) is 6.20 Å². The molecule has 1 aromatic carbocycles. The zero-order valence-electron chi connectivity index (χ0n) is 15.9. The first kappa shape index (κ1) is 21.3. The molecule has 2 heterocycles. The van der Waals surface area contributed by atoms with Crippen LogP contribution in [-0.2, 0) is 0 Å². The summed E-state index contributed by atoms with van der Waals surface area (Å²) in [6.45, 7) is 15.4. The third-order valence-electron chi connectivity index (χ3n) is 3.51. The highest BCUT2D eigenvalue weighted by atomic mass is 16.3. The van der Waals surface area contributed by atoms with Crippen molar-refractivity contribution in [2.75, 3.05) is 26.2 Å². The average molecular weight is 356 g/mol. The van der Waals surface area contributed by atoms with Crippen LogP contribution in [0.15, 0.2) is 52.7 Å². The van der Waals surface area contributed by atoms with Crippen molar-refractivity contribution in [2.24, 2.45) is 4.99 Å². The van der Waals surface area contributed by atoms with E-state index >= 15 is 0 Å². The second-order valence-corrected chi connectivity index (χ2v) is 5.28. The molecule has 1 aliphatic heterocycles. The lowest BCUT2D eigenvalue weighted by atomic mass is 10.1. The van der Waals surface area contributed by atoms with Gasteiger partial charge in [0.25, 0.3) is 5.91 Å². The molecule has 2 aromatic rings. The van der Waals surface area contributed by atoms with Gasteiger partial charge in [-0.1, -0.05) is 26.5 Å². The minimum Gasteiger partial charge on any atom is -0.444 e. The lowest BCUT2D eigenvalue weighted by Crippen LogP contribution is -2.46. The second kappa shape index (κ2) is 11.8. The Morgan fingerprint density at radius 3 is 2.54 bits per heavy atom. The summed E-state index contributed by atoms with van der Waals surface area (Å²) < 4.78 is 5.38. The molecule has 0 saturated carbocycles. The number of rotatable bonds is 3. The Balaban J connectivity index is 0.000000500. The third-order valence-corrected chi connectivity index (χ3v) is 3.51. The quantitative estimate of drug-likeness (QED) is 0.854. The number of nitrogens with zero attached hydrogens (tertiary/aromatic N) is 3. The van der Waals surface area contributed by atoms with Crippen LogP contribution in [0.3, 0.4) is 0 Å². The fourth-order valence-corrected chi connectivity index (χ4v) is 2.32. The summed E-state index contributed by atoms with van der Waals surface area (Å²) in [5.41, 5.74) is 2.35. The van der Waals surface area contributed by atoms with Crippen molar-refractivity contribution in [3.63, 3.8) is 0 Å². The molecular weight excluding hydrogens is 328 g/mol. The Morgan fingerprint density at radius 1 is 1.35 bits per heavy atom. The van der Waals surface area contributed by atoms with Gasteiger partial charge >= 0.3 is 0 Å². The monoisotopic (exact) mass is 356 g/mol. The average Bonchev–Trinajstić information content (AvgIpc) is 3.16. The lowest BCUT2D eigenvalue weighted by Gasteiger charge is -2.27. The predicted molar refractivity (Wildman–Crippen MR) is 107 cm³/mol. The summed E-state index contributed by atoms with van der Waals surface area (Å²) >= 11 is 0. The molecule has 1 saturated heterocycles. The molecule has 1 amide bonds. The van der Waals surface area contributed by atoms with E-state index in [0.717, 1.165) is 37.4 Å². The Bertz CT molecular complexity index is 697. The first-order valence-corrected chi connectivity index (χ1v) is 8.75. The van der Waals surface area contributed by atoms with Crippen LogP contribution in [0.2, 0.25) is 0 Å². The Labute approximate surface area is 155 Å². The Kier molecular flexibility index (Phi) is 9.64. The van der Waals surface area contributed by atoms with E-state index in [1.54, 1.807) is 6.26 Å². The van der Waals surface area contributed by atoms with Crippen molar-refractivity contribution in [1.82, 2.24) is 15.2 Å². The van der Waals surface area contributed by atoms with Gasteiger partial charge in [-0.2, -0.15) is 0 Å². The fraction of sp³-hybridized carbons (Fsp3) is 0.350. The summed E-state index contributed by atoms with van der Waals surface area (Å²) in [5, 5.41) is 3.24. The fourth-order valence-electron chi connectivity index (χ4n) is 2.32. The molecule has 0 aliphatic carbocycles. The molecule has 3 rings (SSSR count). The largest absolute Gasteiger partial charge is 0.444 e. The number of amides is 1. The maximum absolute atomic E-state index is 12.4. The zero-order valence-corrected chi connectivity index (χ0v) is 15.9. The van der Waals surface area contributed by atoms with Crippen LogP contribution in [0.25, 0.3) is 11.5 Å². The number of aromatic nitrogens is 1. The number of aliphatic imine (C=N–C) groups is 1. The first-order chi connectivity index (χ1) is 12.7. The molecule has 0 spiro atoms. The van der Waals surface area contributed by atoms with Gasteiger partial charge in [0, 0.05) is 43.5 Å². The number of piperazine rings is 1. The van der Waals surface area contributed by atoms with E-state index in [-0.39, 0.29) is 5.91 Å². The van der Waals surface area contributed by atoms with Crippen molar-refractivity contribution in [2.45, 2.75) is 20.8 Å². The van der Waals surface area contributed by atoms with E-state index in [0.29, 0.717) is 11.5 Å². The van der Waals surface area contributed by atoms with Gasteiger partial charge < -0.3 is 14.6 Å². The zero-order chi connectivity index (χ0) is 19.4. The normalized spacial score (nSPS) is 12.8. The van der Waals surface area contributed by atoms with Crippen LogP contribution < -0.4 is 5.32 Å². The van der Waals surface area contributed by atoms with Crippen LogP contribution in [0.4, 0.5) is 0 Å². The maximum atomic E-state index is 12.4. The van der Waals surface area contributed by atoms with Crippen LogP contribution in [0.5, 0.6) is 0 Å². The van der Waals surface area contributed by atoms with Crippen molar-refractivity contribution >= 4 is 12.6 Å². The van der Waals surface area contributed by atoms with Crippen molar-refractivity contribution in [1.29, 1.82) is 0 Å². The molecule has 1 aromatic heterocycles. The summed E-state index contributed by atoms with van der Waals surface area (Å²) in [6.07, 6.45) is 3.00. The Morgan fingerprint density at radius 2 is 2.00 bits per heavy atom.